The van der Waals surface area contributed by atoms with Gasteiger partial charge in [0.15, 0.2) is 0 Å². The Kier molecular flexibility index (Phi) is 5.28. The fraction of sp³-hybridized carbons (Fsp3) is 0.350. The molecule has 0 radical (unpaired) electrons. The molecular formula is C20H23NO3. The number of benzene rings is 2. The van der Waals surface area contributed by atoms with Crippen LogP contribution in [0.15, 0.2) is 60.7 Å². The van der Waals surface area contributed by atoms with Crippen LogP contribution in [0.3, 0.4) is 0 Å². The van der Waals surface area contributed by atoms with Crippen LogP contribution in [0.5, 0.6) is 0 Å². The van der Waals surface area contributed by atoms with E-state index in [4.69, 9.17) is 0 Å². The maximum atomic E-state index is 12.9. The van der Waals surface area contributed by atoms with Crippen molar-refractivity contribution in [1.29, 1.82) is 0 Å². The van der Waals surface area contributed by atoms with Crippen molar-refractivity contribution in [2.75, 3.05) is 6.61 Å². The van der Waals surface area contributed by atoms with Gasteiger partial charge in [-0.1, -0.05) is 60.7 Å². The van der Waals surface area contributed by atoms with E-state index in [0.29, 0.717) is 12.8 Å². The highest BCUT2D eigenvalue weighted by Crippen LogP contribution is 2.29. The van der Waals surface area contributed by atoms with Crippen molar-refractivity contribution in [1.82, 2.24) is 5.32 Å². The van der Waals surface area contributed by atoms with E-state index in [-0.39, 0.29) is 30.4 Å². The van der Waals surface area contributed by atoms with Gasteiger partial charge >= 0.3 is 0 Å². The molecule has 3 N–H and O–H groups in total. The molecule has 2 aromatic carbocycles. The van der Waals surface area contributed by atoms with Crippen LogP contribution in [0.2, 0.25) is 0 Å². The van der Waals surface area contributed by atoms with Crippen LogP contribution in [0.4, 0.5) is 0 Å². The van der Waals surface area contributed by atoms with Gasteiger partial charge in [0, 0.05) is 18.6 Å². The molecule has 24 heavy (non-hydrogen) atoms. The molecule has 0 unspecified atom stereocenters. The Balaban J connectivity index is 1.80. The van der Waals surface area contributed by atoms with Gasteiger partial charge in [-0.3, -0.25) is 4.79 Å². The Labute approximate surface area is 142 Å². The van der Waals surface area contributed by atoms with E-state index < -0.39 is 6.10 Å². The van der Waals surface area contributed by atoms with Crippen molar-refractivity contribution in [2.24, 2.45) is 5.92 Å². The van der Waals surface area contributed by atoms with Crippen molar-refractivity contribution in [2.45, 2.75) is 30.9 Å². The Bertz CT molecular complexity index is 620. The fourth-order valence-electron chi connectivity index (χ4n) is 3.49. The first kappa shape index (κ1) is 16.7. The third-order valence-corrected chi connectivity index (χ3v) is 4.77. The molecule has 0 spiro atoms. The van der Waals surface area contributed by atoms with E-state index in [1.807, 2.05) is 60.7 Å². The lowest BCUT2D eigenvalue weighted by Gasteiger charge is -2.21. The Hall–Kier alpha value is -2.17. The number of aliphatic hydroxyl groups excluding tert-OH is 2. The van der Waals surface area contributed by atoms with Gasteiger partial charge in [0.05, 0.1) is 12.0 Å². The zero-order valence-corrected chi connectivity index (χ0v) is 13.5. The van der Waals surface area contributed by atoms with E-state index in [9.17, 15) is 15.0 Å². The minimum Gasteiger partial charge on any atom is -0.396 e. The zero-order valence-electron chi connectivity index (χ0n) is 13.5. The Morgan fingerprint density at radius 1 is 1.00 bits per heavy atom. The Morgan fingerprint density at radius 3 is 2.00 bits per heavy atom. The molecule has 1 aliphatic rings. The molecule has 4 heteroatoms. The predicted molar refractivity (Wildman–Crippen MR) is 92.5 cm³/mol. The quantitative estimate of drug-likeness (QED) is 0.788. The number of carbonyl (C=O) groups excluding carboxylic acids is 1. The van der Waals surface area contributed by atoms with Crippen molar-refractivity contribution in [3.05, 3.63) is 71.8 Å². The van der Waals surface area contributed by atoms with Gasteiger partial charge in [-0.15, -0.1) is 0 Å². The molecule has 0 saturated heterocycles. The molecule has 1 amide bonds. The molecule has 0 aliphatic heterocycles. The summed E-state index contributed by atoms with van der Waals surface area (Å²) in [4.78, 5) is 12.9. The largest absolute Gasteiger partial charge is 0.396 e. The minimum absolute atomic E-state index is 0.0473. The van der Waals surface area contributed by atoms with E-state index >= 15 is 0 Å². The van der Waals surface area contributed by atoms with Gasteiger partial charge in [0.25, 0.3) is 0 Å². The average Bonchev–Trinajstić information content (AvgIpc) is 2.96. The van der Waals surface area contributed by atoms with Gasteiger partial charge in [0.2, 0.25) is 5.91 Å². The highest BCUT2D eigenvalue weighted by atomic mass is 16.3. The number of amides is 1. The maximum Gasteiger partial charge on any atom is 0.232 e. The highest BCUT2D eigenvalue weighted by Gasteiger charge is 2.34. The molecule has 0 heterocycles. The van der Waals surface area contributed by atoms with Crippen molar-refractivity contribution >= 4 is 5.91 Å². The molecule has 126 valence electrons. The molecule has 1 fully saturated rings. The molecular weight excluding hydrogens is 302 g/mol. The number of rotatable bonds is 5. The molecule has 0 bridgehead atoms. The monoisotopic (exact) mass is 325 g/mol. The first-order valence-corrected chi connectivity index (χ1v) is 8.38. The molecule has 1 aliphatic carbocycles. The summed E-state index contributed by atoms with van der Waals surface area (Å²) in [5, 5.41) is 22.3. The summed E-state index contributed by atoms with van der Waals surface area (Å²) < 4.78 is 0. The van der Waals surface area contributed by atoms with E-state index in [0.717, 1.165) is 11.1 Å². The SMILES string of the molecule is O=C(N[C@H]1C[C@@H](CO)[C@H](O)C1)C(c1ccccc1)c1ccccc1. The fourth-order valence-corrected chi connectivity index (χ4v) is 3.49. The first-order chi connectivity index (χ1) is 11.7. The van der Waals surface area contributed by atoms with Crippen molar-refractivity contribution in [3.63, 3.8) is 0 Å². The van der Waals surface area contributed by atoms with Crippen molar-refractivity contribution in [3.8, 4) is 0 Å². The van der Waals surface area contributed by atoms with Crippen LogP contribution in [0, 0.1) is 5.92 Å². The molecule has 0 aromatic heterocycles. The summed E-state index contributed by atoms with van der Waals surface area (Å²) in [6.07, 6.45) is 0.555. The third kappa shape index (κ3) is 3.66. The lowest BCUT2D eigenvalue weighted by Crippen LogP contribution is -2.37. The first-order valence-electron chi connectivity index (χ1n) is 8.38. The van der Waals surface area contributed by atoms with Crippen molar-refractivity contribution < 1.29 is 15.0 Å². The number of nitrogens with one attached hydrogen (secondary N) is 1. The van der Waals surface area contributed by atoms with Crippen LogP contribution in [-0.4, -0.2) is 34.9 Å². The zero-order chi connectivity index (χ0) is 16.9. The van der Waals surface area contributed by atoms with Gasteiger partial charge in [0.1, 0.15) is 0 Å². The lowest BCUT2D eigenvalue weighted by molar-refractivity contribution is -0.122. The number of aliphatic hydroxyl groups is 2. The number of hydrogen-bond donors (Lipinski definition) is 3. The number of carbonyl (C=O) groups is 1. The smallest absolute Gasteiger partial charge is 0.232 e. The van der Waals surface area contributed by atoms with E-state index in [1.54, 1.807) is 0 Å². The molecule has 2 aromatic rings. The van der Waals surface area contributed by atoms with E-state index in [1.165, 1.54) is 0 Å². The van der Waals surface area contributed by atoms with Gasteiger partial charge in [-0.2, -0.15) is 0 Å². The van der Waals surface area contributed by atoms with Crippen LogP contribution < -0.4 is 5.32 Å². The second-order valence-electron chi connectivity index (χ2n) is 6.44. The van der Waals surface area contributed by atoms with Crippen LogP contribution in [-0.2, 0) is 4.79 Å². The average molecular weight is 325 g/mol. The molecule has 1 saturated carbocycles. The second kappa shape index (κ2) is 7.60. The molecule has 3 rings (SSSR count). The third-order valence-electron chi connectivity index (χ3n) is 4.77. The topological polar surface area (TPSA) is 69.6 Å². The number of hydrogen-bond acceptors (Lipinski definition) is 3. The van der Waals surface area contributed by atoms with Crippen LogP contribution in [0.25, 0.3) is 0 Å². The maximum absolute atomic E-state index is 12.9. The van der Waals surface area contributed by atoms with E-state index in [2.05, 4.69) is 5.32 Å². The summed E-state index contributed by atoms with van der Waals surface area (Å²) in [7, 11) is 0. The summed E-state index contributed by atoms with van der Waals surface area (Å²) in [5.41, 5.74) is 1.89. The standard InChI is InChI=1S/C20H23NO3/c22-13-16-11-17(12-18(16)23)21-20(24)19(14-7-3-1-4-8-14)15-9-5-2-6-10-15/h1-10,16-19,22-23H,11-13H2,(H,21,24)/t16-,17-,18+/m0/s1. The van der Waals surface area contributed by atoms with Gasteiger partial charge < -0.3 is 15.5 Å². The normalized spacial score (nSPS) is 23.4. The summed E-state index contributed by atoms with van der Waals surface area (Å²) in [6.45, 7) is -0.0473. The van der Waals surface area contributed by atoms with Gasteiger partial charge in [-0.05, 0) is 24.0 Å². The summed E-state index contributed by atoms with van der Waals surface area (Å²) in [5.74, 6) is -0.594. The van der Waals surface area contributed by atoms with Gasteiger partial charge in [-0.25, -0.2) is 0 Å². The lowest BCUT2D eigenvalue weighted by atomic mass is 9.90. The summed E-state index contributed by atoms with van der Waals surface area (Å²) >= 11 is 0. The second-order valence-corrected chi connectivity index (χ2v) is 6.44. The van der Waals surface area contributed by atoms with Crippen LogP contribution in [0.1, 0.15) is 29.9 Å². The molecule has 3 atom stereocenters. The predicted octanol–water partition coefficient (Wildman–Crippen LogP) is 2.07. The van der Waals surface area contributed by atoms with Crippen LogP contribution >= 0.6 is 0 Å². The minimum atomic E-state index is -0.549. The highest BCUT2D eigenvalue weighted by molar-refractivity contribution is 5.87. The Morgan fingerprint density at radius 2 is 1.54 bits per heavy atom. The summed E-state index contributed by atoms with van der Waals surface area (Å²) in [6, 6.07) is 19.3. The molecule has 4 nitrogen and oxygen atoms in total.